The topological polar surface area (TPSA) is 53.2 Å². The number of pyridine rings is 1. The third kappa shape index (κ3) is 1.79. The molecule has 2 heterocycles. The zero-order valence-corrected chi connectivity index (χ0v) is 8.69. The monoisotopic (exact) mass is 206 g/mol. The van der Waals surface area contributed by atoms with Crippen molar-refractivity contribution < 1.29 is 4.79 Å². The highest BCUT2D eigenvalue weighted by molar-refractivity contribution is 5.49. The minimum atomic E-state index is -0.0607. The van der Waals surface area contributed by atoms with Crippen LogP contribution >= 0.6 is 0 Å². The second kappa shape index (κ2) is 3.88. The van der Waals surface area contributed by atoms with Gasteiger partial charge < -0.3 is 9.88 Å². The van der Waals surface area contributed by atoms with Crippen molar-refractivity contribution in [3.05, 3.63) is 33.7 Å². The van der Waals surface area contributed by atoms with Gasteiger partial charge in [-0.3, -0.25) is 9.59 Å². The smallest absolute Gasteiger partial charge is 0.250 e. The number of hydrogen-bond donors (Lipinski definition) is 1. The predicted molar refractivity (Wildman–Crippen MR) is 56.5 cm³/mol. The van der Waals surface area contributed by atoms with Gasteiger partial charge in [0.1, 0.15) is 0 Å². The summed E-state index contributed by atoms with van der Waals surface area (Å²) in [4.78, 5) is 26.5. The first-order valence-electron chi connectivity index (χ1n) is 5.12. The number of aryl methyl sites for hydroxylation is 1. The van der Waals surface area contributed by atoms with Crippen LogP contribution in [0.4, 0.5) is 0 Å². The zero-order valence-electron chi connectivity index (χ0n) is 8.69. The van der Waals surface area contributed by atoms with Gasteiger partial charge in [-0.15, -0.1) is 0 Å². The van der Waals surface area contributed by atoms with Gasteiger partial charge in [-0.1, -0.05) is 0 Å². The minimum absolute atomic E-state index is 0.0607. The van der Waals surface area contributed by atoms with Crippen LogP contribution < -0.4 is 5.56 Å². The molecular weight excluding hydrogens is 192 g/mol. The summed E-state index contributed by atoms with van der Waals surface area (Å²) in [6, 6.07) is 2.00. The Bertz CT molecular complexity index is 425. The number of nitrogens with one attached hydrogen (secondary N) is 1. The lowest BCUT2D eigenvalue weighted by molar-refractivity contribution is -0.118. The van der Waals surface area contributed by atoms with Crippen LogP contribution in [0.15, 0.2) is 17.1 Å². The van der Waals surface area contributed by atoms with Gasteiger partial charge in [0, 0.05) is 18.3 Å². The van der Waals surface area contributed by atoms with Gasteiger partial charge >= 0.3 is 0 Å². The maximum Gasteiger partial charge on any atom is 0.250 e. The lowest BCUT2D eigenvalue weighted by Gasteiger charge is -2.20. The number of aromatic nitrogens is 1. The van der Waals surface area contributed by atoms with E-state index in [2.05, 4.69) is 4.98 Å². The predicted octanol–water partition coefficient (Wildman–Crippen LogP) is 0.977. The van der Waals surface area contributed by atoms with Crippen LogP contribution in [0.3, 0.4) is 0 Å². The van der Waals surface area contributed by atoms with Crippen molar-refractivity contribution in [3.63, 3.8) is 0 Å². The molecular formula is C11H14N2O2. The third-order valence-corrected chi connectivity index (χ3v) is 2.93. The summed E-state index contributed by atoms with van der Waals surface area (Å²) >= 11 is 0. The lowest BCUT2D eigenvalue weighted by atomic mass is 10.1. The number of rotatable bonds is 2. The Morgan fingerprint density at radius 1 is 1.60 bits per heavy atom. The second-order valence-electron chi connectivity index (χ2n) is 3.95. The number of amides is 1. The first-order chi connectivity index (χ1) is 7.22. The highest BCUT2D eigenvalue weighted by Crippen LogP contribution is 2.29. The molecule has 1 aliphatic heterocycles. The summed E-state index contributed by atoms with van der Waals surface area (Å²) in [5.41, 5.74) is 1.66. The fraction of sp³-hybridized carbons (Fsp3) is 0.455. The third-order valence-electron chi connectivity index (χ3n) is 2.93. The molecule has 4 nitrogen and oxygen atoms in total. The van der Waals surface area contributed by atoms with E-state index >= 15 is 0 Å². The Morgan fingerprint density at radius 2 is 2.40 bits per heavy atom. The van der Waals surface area contributed by atoms with Gasteiger partial charge in [-0.25, -0.2) is 0 Å². The van der Waals surface area contributed by atoms with Gasteiger partial charge in [-0.2, -0.15) is 0 Å². The fourth-order valence-corrected chi connectivity index (χ4v) is 2.09. The highest BCUT2D eigenvalue weighted by atomic mass is 16.1. The number of aromatic amines is 1. The summed E-state index contributed by atoms with van der Waals surface area (Å²) in [6.07, 6.45) is 4.60. The molecule has 0 saturated carbocycles. The molecule has 1 saturated heterocycles. The molecule has 0 bridgehead atoms. The summed E-state index contributed by atoms with van der Waals surface area (Å²) in [5, 5.41) is 0. The number of carbonyl (C=O) groups is 1. The lowest BCUT2D eigenvalue weighted by Crippen LogP contribution is -2.22. The van der Waals surface area contributed by atoms with Gasteiger partial charge in [-0.05, 0) is 31.4 Å². The van der Waals surface area contributed by atoms with Crippen molar-refractivity contribution >= 4 is 6.41 Å². The van der Waals surface area contributed by atoms with E-state index < -0.39 is 0 Å². The van der Waals surface area contributed by atoms with Gasteiger partial charge in [0.25, 0.3) is 5.56 Å². The number of likely N-dealkylation sites (tertiary alicyclic amines) is 1. The second-order valence-corrected chi connectivity index (χ2v) is 3.95. The van der Waals surface area contributed by atoms with E-state index in [9.17, 15) is 9.59 Å². The van der Waals surface area contributed by atoms with Crippen LogP contribution in [0.1, 0.15) is 30.0 Å². The summed E-state index contributed by atoms with van der Waals surface area (Å²) in [5.74, 6) is 0. The molecule has 1 fully saturated rings. The first-order valence-corrected chi connectivity index (χ1v) is 5.12. The molecule has 1 aromatic rings. The molecule has 0 aromatic carbocycles. The minimum Gasteiger partial charge on any atom is -0.338 e. The molecule has 1 aromatic heterocycles. The standard InChI is InChI=1S/C11H14N2O2/c1-8-5-9(6-12-11(8)15)10-3-2-4-13(10)7-14/h5-7,10H,2-4H2,1H3,(H,12,15). The zero-order chi connectivity index (χ0) is 10.8. The Hall–Kier alpha value is -1.58. The maximum absolute atomic E-state index is 11.2. The van der Waals surface area contributed by atoms with Crippen LogP contribution in [-0.4, -0.2) is 22.8 Å². The van der Waals surface area contributed by atoms with Crippen LogP contribution in [0.25, 0.3) is 0 Å². The molecule has 80 valence electrons. The van der Waals surface area contributed by atoms with E-state index in [1.165, 1.54) is 0 Å². The first kappa shape index (κ1) is 9.96. The van der Waals surface area contributed by atoms with Crippen molar-refractivity contribution in [2.24, 2.45) is 0 Å². The molecule has 1 atom stereocenters. The van der Waals surface area contributed by atoms with E-state index in [-0.39, 0.29) is 11.6 Å². The molecule has 1 amide bonds. The Kier molecular flexibility index (Phi) is 2.58. The number of carbonyl (C=O) groups excluding carboxylic acids is 1. The largest absolute Gasteiger partial charge is 0.338 e. The molecule has 4 heteroatoms. The molecule has 0 radical (unpaired) electrons. The van der Waals surface area contributed by atoms with Crippen LogP contribution in [-0.2, 0) is 4.79 Å². The number of hydrogen-bond acceptors (Lipinski definition) is 2. The summed E-state index contributed by atoms with van der Waals surface area (Å²) in [6.45, 7) is 2.59. The van der Waals surface area contributed by atoms with Crippen molar-refractivity contribution in [2.45, 2.75) is 25.8 Å². The molecule has 0 spiro atoms. The Labute approximate surface area is 87.9 Å². The number of nitrogens with zero attached hydrogens (tertiary/aromatic N) is 1. The van der Waals surface area contributed by atoms with Crippen LogP contribution in [0.2, 0.25) is 0 Å². The van der Waals surface area contributed by atoms with Crippen molar-refractivity contribution in [2.75, 3.05) is 6.54 Å². The van der Waals surface area contributed by atoms with Gasteiger partial charge in [0.05, 0.1) is 6.04 Å². The average molecular weight is 206 g/mol. The van der Waals surface area contributed by atoms with E-state index in [1.807, 2.05) is 6.07 Å². The van der Waals surface area contributed by atoms with E-state index in [0.717, 1.165) is 31.4 Å². The Balaban J connectivity index is 2.32. The van der Waals surface area contributed by atoms with Gasteiger partial charge in [0.15, 0.2) is 0 Å². The molecule has 15 heavy (non-hydrogen) atoms. The SMILES string of the molecule is Cc1cc(C2CCCN2C=O)c[nH]c1=O. The quantitative estimate of drug-likeness (QED) is 0.733. The normalized spacial score (nSPS) is 20.6. The molecule has 2 rings (SSSR count). The number of H-pyrrole nitrogens is 1. The molecule has 1 N–H and O–H groups in total. The summed E-state index contributed by atoms with van der Waals surface area (Å²) in [7, 11) is 0. The van der Waals surface area contributed by atoms with Crippen LogP contribution in [0.5, 0.6) is 0 Å². The summed E-state index contributed by atoms with van der Waals surface area (Å²) < 4.78 is 0. The van der Waals surface area contributed by atoms with Crippen LogP contribution in [0, 0.1) is 6.92 Å². The van der Waals surface area contributed by atoms with Gasteiger partial charge in [0.2, 0.25) is 6.41 Å². The molecule has 0 aliphatic carbocycles. The molecule has 1 aliphatic rings. The van der Waals surface area contributed by atoms with E-state index in [1.54, 1.807) is 18.0 Å². The highest BCUT2D eigenvalue weighted by Gasteiger charge is 2.24. The van der Waals surface area contributed by atoms with E-state index in [0.29, 0.717) is 5.56 Å². The van der Waals surface area contributed by atoms with E-state index in [4.69, 9.17) is 0 Å². The van der Waals surface area contributed by atoms with Crippen molar-refractivity contribution in [1.29, 1.82) is 0 Å². The van der Waals surface area contributed by atoms with Crippen molar-refractivity contribution in [1.82, 2.24) is 9.88 Å². The maximum atomic E-state index is 11.2. The molecule has 1 unspecified atom stereocenters. The average Bonchev–Trinajstić information content (AvgIpc) is 2.70. The Morgan fingerprint density at radius 3 is 3.07 bits per heavy atom. The fourth-order valence-electron chi connectivity index (χ4n) is 2.09. The van der Waals surface area contributed by atoms with Crippen molar-refractivity contribution in [3.8, 4) is 0 Å².